The molecule has 2 atom stereocenters. The Balaban J connectivity index is 1.73. The van der Waals surface area contributed by atoms with Gasteiger partial charge in [0.05, 0.1) is 6.10 Å². The van der Waals surface area contributed by atoms with Crippen LogP contribution in [0.5, 0.6) is 0 Å². The maximum absolute atomic E-state index is 11.4. The zero-order chi connectivity index (χ0) is 14.1. The van der Waals surface area contributed by atoms with E-state index in [2.05, 4.69) is 50.3 Å². The van der Waals surface area contributed by atoms with Crippen LogP contribution in [0.15, 0.2) is 34.9 Å². The van der Waals surface area contributed by atoms with Gasteiger partial charge >= 0.3 is 0 Å². The normalized spacial score (nSPS) is 22.3. The Hall–Kier alpha value is -1.37. The molecule has 0 spiro atoms. The summed E-state index contributed by atoms with van der Waals surface area (Å²) in [5, 5.41) is 1.19. The number of carbonyl (C=O) groups excluding carboxylic acids is 1. The average molecular weight is 338 g/mol. The predicted octanol–water partition coefficient (Wildman–Crippen LogP) is 1.94. The summed E-state index contributed by atoms with van der Waals surface area (Å²) in [4.78, 5) is 11.4. The van der Waals surface area contributed by atoms with E-state index in [1.165, 1.54) is 10.9 Å². The molecule has 1 aliphatic heterocycles. The minimum absolute atomic E-state index is 0.0524. The van der Waals surface area contributed by atoms with Crippen molar-refractivity contribution in [2.24, 2.45) is 5.84 Å². The van der Waals surface area contributed by atoms with Crippen LogP contribution in [0.25, 0.3) is 10.9 Å². The third kappa shape index (κ3) is 2.59. The molecule has 1 amide bonds. The minimum Gasteiger partial charge on any atom is -0.363 e. The topological polar surface area (TPSA) is 69.3 Å². The quantitative estimate of drug-likeness (QED) is 0.511. The van der Waals surface area contributed by atoms with Crippen molar-refractivity contribution in [3.8, 4) is 0 Å². The van der Waals surface area contributed by atoms with Crippen LogP contribution in [0.3, 0.4) is 0 Å². The Morgan fingerprint density at radius 2 is 2.30 bits per heavy atom. The van der Waals surface area contributed by atoms with Gasteiger partial charge in [0.15, 0.2) is 0 Å². The van der Waals surface area contributed by atoms with Crippen LogP contribution >= 0.6 is 15.9 Å². The third-order valence-corrected chi connectivity index (χ3v) is 4.17. The number of halogens is 1. The lowest BCUT2D eigenvalue weighted by atomic mass is 10.2. The number of hydrazine groups is 1. The first-order valence-corrected chi connectivity index (χ1v) is 7.37. The zero-order valence-electron chi connectivity index (χ0n) is 10.9. The van der Waals surface area contributed by atoms with Crippen molar-refractivity contribution in [2.75, 3.05) is 0 Å². The van der Waals surface area contributed by atoms with Gasteiger partial charge in [0.2, 0.25) is 0 Å². The summed E-state index contributed by atoms with van der Waals surface area (Å²) in [5.74, 6) is 4.89. The highest BCUT2D eigenvalue weighted by Gasteiger charge is 2.30. The molecule has 0 saturated carbocycles. The van der Waals surface area contributed by atoms with Crippen LogP contribution in [0.4, 0.5) is 0 Å². The van der Waals surface area contributed by atoms with Gasteiger partial charge in [-0.25, -0.2) is 5.84 Å². The SMILES string of the molecule is NNC(=O)C1CCC(Cn2ccc3cc(Br)ccc32)O1. The van der Waals surface area contributed by atoms with E-state index in [4.69, 9.17) is 10.6 Å². The Bertz CT molecular complexity index is 640. The van der Waals surface area contributed by atoms with Gasteiger partial charge in [-0.2, -0.15) is 0 Å². The van der Waals surface area contributed by atoms with Crippen molar-refractivity contribution in [1.82, 2.24) is 9.99 Å². The van der Waals surface area contributed by atoms with E-state index < -0.39 is 6.10 Å². The van der Waals surface area contributed by atoms with Crippen LogP contribution in [0, 0.1) is 0 Å². The lowest BCUT2D eigenvalue weighted by molar-refractivity contribution is -0.132. The first-order valence-electron chi connectivity index (χ1n) is 6.57. The number of nitrogens with one attached hydrogen (secondary N) is 1. The van der Waals surface area contributed by atoms with E-state index in [1.54, 1.807) is 0 Å². The second-order valence-corrected chi connectivity index (χ2v) is 5.92. The third-order valence-electron chi connectivity index (χ3n) is 3.68. The van der Waals surface area contributed by atoms with Crippen molar-refractivity contribution in [1.29, 1.82) is 0 Å². The van der Waals surface area contributed by atoms with Gasteiger partial charge in [0.25, 0.3) is 5.91 Å². The molecule has 2 aromatic rings. The van der Waals surface area contributed by atoms with Crippen LogP contribution in [0.1, 0.15) is 12.8 Å². The standard InChI is InChI=1S/C14H16BrN3O2/c15-10-1-3-12-9(7-10)5-6-18(12)8-11-2-4-13(20-11)14(19)17-16/h1,3,5-7,11,13H,2,4,8,16H2,(H,17,19). The van der Waals surface area contributed by atoms with Crippen molar-refractivity contribution >= 4 is 32.7 Å². The molecule has 1 aromatic carbocycles. The summed E-state index contributed by atoms with van der Waals surface area (Å²) in [6.45, 7) is 0.749. The molecular formula is C14H16BrN3O2. The van der Waals surface area contributed by atoms with E-state index in [-0.39, 0.29) is 12.0 Å². The molecule has 3 N–H and O–H groups in total. The highest BCUT2D eigenvalue weighted by atomic mass is 79.9. The molecule has 0 radical (unpaired) electrons. The minimum atomic E-state index is -0.416. The average Bonchev–Trinajstić information content (AvgIpc) is 3.06. The van der Waals surface area contributed by atoms with E-state index in [0.717, 1.165) is 23.9 Å². The number of nitrogens with zero attached hydrogens (tertiary/aromatic N) is 1. The molecule has 1 aliphatic rings. The lowest BCUT2D eigenvalue weighted by Crippen LogP contribution is -2.39. The molecule has 2 unspecified atom stereocenters. The summed E-state index contributed by atoms with van der Waals surface area (Å²) < 4.78 is 8.97. The van der Waals surface area contributed by atoms with E-state index in [0.29, 0.717) is 0 Å². The molecule has 1 saturated heterocycles. The Kier molecular flexibility index (Phi) is 3.78. The summed E-state index contributed by atoms with van der Waals surface area (Å²) in [5.41, 5.74) is 3.32. The molecule has 6 heteroatoms. The summed E-state index contributed by atoms with van der Waals surface area (Å²) >= 11 is 3.47. The second kappa shape index (κ2) is 5.55. The van der Waals surface area contributed by atoms with Crippen molar-refractivity contribution in [2.45, 2.75) is 31.6 Å². The van der Waals surface area contributed by atoms with E-state index >= 15 is 0 Å². The summed E-state index contributed by atoms with van der Waals surface area (Å²) in [6, 6.07) is 8.28. The fourth-order valence-corrected chi connectivity index (χ4v) is 3.05. The van der Waals surface area contributed by atoms with E-state index in [9.17, 15) is 4.79 Å². The number of hydrogen-bond donors (Lipinski definition) is 2. The van der Waals surface area contributed by atoms with Crippen LogP contribution in [-0.4, -0.2) is 22.7 Å². The van der Waals surface area contributed by atoms with E-state index in [1.807, 2.05) is 6.07 Å². The van der Waals surface area contributed by atoms with Gasteiger partial charge in [-0.05, 0) is 37.1 Å². The maximum atomic E-state index is 11.4. The van der Waals surface area contributed by atoms with Crippen LogP contribution < -0.4 is 11.3 Å². The molecule has 1 fully saturated rings. The fourth-order valence-electron chi connectivity index (χ4n) is 2.68. The van der Waals surface area contributed by atoms with Gasteiger partial charge in [0.1, 0.15) is 6.10 Å². The smallest absolute Gasteiger partial charge is 0.263 e. The van der Waals surface area contributed by atoms with Gasteiger partial charge in [-0.1, -0.05) is 15.9 Å². The number of amides is 1. The molecule has 0 bridgehead atoms. The second-order valence-electron chi connectivity index (χ2n) is 5.00. The first-order chi connectivity index (χ1) is 9.67. The molecule has 1 aromatic heterocycles. The van der Waals surface area contributed by atoms with Gasteiger partial charge in [-0.3, -0.25) is 10.2 Å². The number of benzene rings is 1. The molecule has 20 heavy (non-hydrogen) atoms. The molecule has 5 nitrogen and oxygen atoms in total. The highest BCUT2D eigenvalue weighted by Crippen LogP contribution is 2.25. The van der Waals surface area contributed by atoms with Gasteiger partial charge in [-0.15, -0.1) is 0 Å². The number of aromatic nitrogens is 1. The van der Waals surface area contributed by atoms with Crippen molar-refractivity contribution < 1.29 is 9.53 Å². The van der Waals surface area contributed by atoms with Gasteiger partial charge < -0.3 is 9.30 Å². The fraction of sp³-hybridized carbons (Fsp3) is 0.357. The number of rotatable bonds is 3. The van der Waals surface area contributed by atoms with Crippen molar-refractivity contribution in [3.63, 3.8) is 0 Å². The molecular weight excluding hydrogens is 322 g/mol. The highest BCUT2D eigenvalue weighted by molar-refractivity contribution is 9.10. The predicted molar refractivity (Wildman–Crippen MR) is 79.9 cm³/mol. The molecule has 2 heterocycles. The largest absolute Gasteiger partial charge is 0.363 e. The monoisotopic (exact) mass is 337 g/mol. The number of hydrogen-bond acceptors (Lipinski definition) is 3. The van der Waals surface area contributed by atoms with Crippen LogP contribution in [0.2, 0.25) is 0 Å². The number of ether oxygens (including phenoxy) is 1. The number of nitrogens with two attached hydrogens (primary N) is 1. The first kappa shape index (κ1) is 13.6. The van der Waals surface area contributed by atoms with Crippen LogP contribution in [-0.2, 0) is 16.1 Å². The summed E-state index contributed by atoms with van der Waals surface area (Å²) in [6.07, 6.45) is 3.28. The Morgan fingerprint density at radius 1 is 1.45 bits per heavy atom. The number of fused-ring (bicyclic) bond motifs is 1. The lowest BCUT2D eigenvalue weighted by Gasteiger charge is -2.14. The zero-order valence-corrected chi connectivity index (χ0v) is 12.5. The van der Waals surface area contributed by atoms with Crippen molar-refractivity contribution in [3.05, 3.63) is 34.9 Å². The maximum Gasteiger partial charge on any atom is 0.263 e. The van der Waals surface area contributed by atoms with Gasteiger partial charge in [0, 0.05) is 28.1 Å². The Labute approximate surface area is 125 Å². The Morgan fingerprint density at radius 3 is 3.10 bits per heavy atom. The number of carbonyl (C=O) groups is 1. The molecule has 3 rings (SSSR count). The summed E-state index contributed by atoms with van der Waals surface area (Å²) in [7, 11) is 0. The molecule has 106 valence electrons. The molecule has 0 aliphatic carbocycles.